The van der Waals surface area contributed by atoms with Crippen LogP contribution in [0.3, 0.4) is 0 Å². The molecule has 0 bridgehead atoms. The van der Waals surface area contributed by atoms with Gasteiger partial charge in [-0.3, -0.25) is 0 Å². The minimum absolute atomic E-state index is 0.341. The van der Waals surface area contributed by atoms with Crippen molar-refractivity contribution in [3.8, 4) is 0 Å². The zero-order valence-electron chi connectivity index (χ0n) is 10.3. The van der Waals surface area contributed by atoms with E-state index in [1.807, 2.05) is 0 Å². The fourth-order valence-electron chi connectivity index (χ4n) is 1.01. The maximum absolute atomic E-state index is 11.7. The van der Waals surface area contributed by atoms with Crippen molar-refractivity contribution in [1.82, 2.24) is 15.5 Å². The second-order valence-electron chi connectivity index (χ2n) is 3.95. The maximum atomic E-state index is 11.7. The number of carbonyl (C=O) groups excluding carboxylic acids is 1. The van der Waals surface area contributed by atoms with Gasteiger partial charge in [-0.05, 0) is 20.4 Å². The predicted octanol–water partition coefficient (Wildman–Crippen LogP) is 0.101. The van der Waals surface area contributed by atoms with E-state index in [2.05, 4.69) is 10.6 Å². The van der Waals surface area contributed by atoms with Gasteiger partial charge in [0.2, 0.25) is 0 Å². The van der Waals surface area contributed by atoms with Gasteiger partial charge in [0.15, 0.2) is 0 Å². The second-order valence-corrected chi connectivity index (χ2v) is 3.95. The number of urea groups is 1. The van der Waals surface area contributed by atoms with Crippen LogP contribution in [-0.4, -0.2) is 54.7 Å². The Bertz CT molecular complexity index is 258. The number of aliphatic carboxylic acids is 1. The van der Waals surface area contributed by atoms with Crippen LogP contribution in [0, 0.1) is 0 Å². The summed E-state index contributed by atoms with van der Waals surface area (Å²) in [6.07, 6.45) is 0.341. The Morgan fingerprint density at radius 3 is 2.38 bits per heavy atom. The molecule has 1 unspecified atom stereocenters. The molecule has 0 saturated carbocycles. The highest BCUT2D eigenvalue weighted by Crippen LogP contribution is 2.09. The van der Waals surface area contributed by atoms with Crippen LogP contribution in [0.1, 0.15) is 20.3 Å². The molecule has 0 aliphatic carbocycles. The van der Waals surface area contributed by atoms with E-state index >= 15 is 0 Å². The Labute approximate surface area is 96.0 Å². The van der Waals surface area contributed by atoms with E-state index in [9.17, 15) is 9.59 Å². The largest absolute Gasteiger partial charge is 0.480 e. The quantitative estimate of drug-likeness (QED) is 0.605. The topological polar surface area (TPSA) is 81.7 Å². The maximum Gasteiger partial charge on any atom is 0.329 e. The van der Waals surface area contributed by atoms with Crippen molar-refractivity contribution in [3.63, 3.8) is 0 Å². The zero-order chi connectivity index (χ0) is 12.8. The molecule has 0 aromatic carbocycles. The van der Waals surface area contributed by atoms with Gasteiger partial charge in [-0.2, -0.15) is 0 Å². The third kappa shape index (κ3) is 4.06. The molecule has 6 nitrogen and oxygen atoms in total. The van der Waals surface area contributed by atoms with Crippen molar-refractivity contribution in [2.24, 2.45) is 0 Å². The van der Waals surface area contributed by atoms with Gasteiger partial charge in [-0.25, -0.2) is 9.59 Å². The van der Waals surface area contributed by atoms with E-state index in [4.69, 9.17) is 5.11 Å². The van der Waals surface area contributed by atoms with E-state index < -0.39 is 11.5 Å². The number of carbonyl (C=O) groups is 2. The summed E-state index contributed by atoms with van der Waals surface area (Å²) in [5.41, 5.74) is -1.20. The number of hydrogen-bond acceptors (Lipinski definition) is 3. The number of nitrogens with one attached hydrogen (secondary N) is 2. The minimum atomic E-state index is -1.20. The molecule has 0 heterocycles. The first-order valence-corrected chi connectivity index (χ1v) is 5.28. The van der Waals surface area contributed by atoms with E-state index in [1.165, 1.54) is 11.8 Å². The summed E-state index contributed by atoms with van der Waals surface area (Å²) in [4.78, 5) is 24.1. The van der Waals surface area contributed by atoms with Gasteiger partial charge in [-0.1, -0.05) is 6.92 Å². The van der Waals surface area contributed by atoms with Gasteiger partial charge in [0.05, 0.1) is 0 Å². The summed E-state index contributed by atoms with van der Waals surface area (Å²) in [5, 5.41) is 14.4. The number of carboxylic acid groups (broad SMARTS) is 1. The van der Waals surface area contributed by atoms with Crippen LogP contribution in [0.2, 0.25) is 0 Å². The highest BCUT2D eigenvalue weighted by atomic mass is 16.4. The molecule has 3 N–H and O–H groups in total. The third-order valence-electron chi connectivity index (χ3n) is 2.61. The molecule has 0 aromatic heterocycles. The molecular formula is C10H21N3O3. The van der Waals surface area contributed by atoms with Gasteiger partial charge >= 0.3 is 12.0 Å². The average molecular weight is 231 g/mol. The summed E-state index contributed by atoms with van der Waals surface area (Å²) in [6.45, 7) is 4.42. The van der Waals surface area contributed by atoms with E-state index in [0.717, 1.165) is 0 Å². The lowest BCUT2D eigenvalue weighted by molar-refractivity contribution is -0.143. The van der Waals surface area contributed by atoms with Crippen LogP contribution >= 0.6 is 0 Å². The number of rotatable bonds is 6. The fraction of sp³-hybridized carbons (Fsp3) is 0.800. The molecule has 6 heteroatoms. The Kier molecular flexibility index (Phi) is 5.81. The van der Waals surface area contributed by atoms with E-state index in [0.29, 0.717) is 19.5 Å². The predicted molar refractivity (Wildman–Crippen MR) is 61.4 cm³/mol. The molecule has 0 aliphatic rings. The van der Waals surface area contributed by atoms with Gasteiger partial charge in [0, 0.05) is 20.1 Å². The summed E-state index contributed by atoms with van der Waals surface area (Å²) in [5.74, 6) is -1.02. The lowest BCUT2D eigenvalue weighted by Gasteiger charge is -2.28. The van der Waals surface area contributed by atoms with Crippen LogP contribution in [0.15, 0.2) is 0 Å². The third-order valence-corrected chi connectivity index (χ3v) is 2.61. The molecule has 1 atom stereocenters. The zero-order valence-corrected chi connectivity index (χ0v) is 10.3. The molecule has 0 radical (unpaired) electrons. The number of nitrogens with zero attached hydrogens (tertiary/aromatic N) is 1. The Balaban J connectivity index is 4.36. The van der Waals surface area contributed by atoms with E-state index in [1.54, 1.807) is 21.0 Å². The molecule has 0 fully saturated rings. The summed E-state index contributed by atoms with van der Waals surface area (Å²) in [6, 6.07) is -0.373. The smallest absolute Gasteiger partial charge is 0.329 e. The van der Waals surface area contributed by atoms with Crippen LogP contribution in [0.5, 0.6) is 0 Å². The average Bonchev–Trinajstić information content (AvgIpc) is 2.25. The highest BCUT2D eigenvalue weighted by Gasteiger charge is 2.33. The molecule has 16 heavy (non-hydrogen) atoms. The van der Waals surface area contributed by atoms with Crippen molar-refractivity contribution in [1.29, 1.82) is 0 Å². The van der Waals surface area contributed by atoms with Crippen molar-refractivity contribution in [2.45, 2.75) is 25.8 Å². The van der Waals surface area contributed by atoms with Gasteiger partial charge in [-0.15, -0.1) is 0 Å². The Morgan fingerprint density at radius 2 is 2.00 bits per heavy atom. The van der Waals surface area contributed by atoms with Crippen molar-refractivity contribution >= 4 is 12.0 Å². The lowest BCUT2D eigenvalue weighted by Crippen LogP contribution is -2.55. The van der Waals surface area contributed by atoms with Crippen molar-refractivity contribution in [3.05, 3.63) is 0 Å². The molecule has 2 amide bonds. The monoisotopic (exact) mass is 231 g/mol. The molecule has 0 spiro atoms. The molecule has 94 valence electrons. The number of carboxylic acids is 1. The van der Waals surface area contributed by atoms with E-state index in [-0.39, 0.29) is 6.03 Å². The van der Waals surface area contributed by atoms with Crippen LogP contribution < -0.4 is 10.6 Å². The van der Waals surface area contributed by atoms with Gasteiger partial charge < -0.3 is 20.6 Å². The standard InChI is InChI=1S/C10H21N3O3/c1-5-10(2,8(14)15)12-9(16)13(4)7-6-11-3/h11H,5-7H2,1-4H3,(H,12,16)(H,14,15). The number of likely N-dealkylation sites (N-methyl/N-ethyl adjacent to an activating group) is 2. The first kappa shape index (κ1) is 14.7. The molecule has 0 rings (SSSR count). The lowest BCUT2D eigenvalue weighted by atomic mass is 10.00. The molecule has 0 saturated heterocycles. The normalized spacial score (nSPS) is 14.0. The van der Waals surface area contributed by atoms with Crippen LogP contribution in [-0.2, 0) is 4.79 Å². The van der Waals surface area contributed by atoms with Gasteiger partial charge in [0.25, 0.3) is 0 Å². The Morgan fingerprint density at radius 1 is 1.44 bits per heavy atom. The van der Waals surface area contributed by atoms with Gasteiger partial charge in [0.1, 0.15) is 5.54 Å². The van der Waals surface area contributed by atoms with Crippen LogP contribution in [0.4, 0.5) is 4.79 Å². The van der Waals surface area contributed by atoms with Crippen molar-refractivity contribution in [2.75, 3.05) is 27.2 Å². The first-order valence-electron chi connectivity index (χ1n) is 5.28. The molecular weight excluding hydrogens is 210 g/mol. The molecule has 0 aromatic rings. The molecule has 0 aliphatic heterocycles. The SMILES string of the molecule is CCC(C)(NC(=O)N(C)CCNC)C(=O)O. The highest BCUT2D eigenvalue weighted by molar-refractivity contribution is 5.85. The summed E-state index contributed by atoms with van der Waals surface area (Å²) in [7, 11) is 3.42. The first-order chi connectivity index (χ1) is 7.37. The van der Waals surface area contributed by atoms with Crippen molar-refractivity contribution < 1.29 is 14.7 Å². The van der Waals surface area contributed by atoms with Crippen LogP contribution in [0.25, 0.3) is 0 Å². The number of amides is 2. The fourth-order valence-corrected chi connectivity index (χ4v) is 1.01. The number of hydrogen-bond donors (Lipinski definition) is 3. The summed E-state index contributed by atoms with van der Waals surface area (Å²) < 4.78 is 0. The minimum Gasteiger partial charge on any atom is -0.480 e. The summed E-state index contributed by atoms with van der Waals surface area (Å²) >= 11 is 0. The Hall–Kier alpha value is -1.30. The second kappa shape index (κ2) is 6.32.